The molecule has 0 atom stereocenters. The Morgan fingerprint density at radius 2 is 2.11 bits per heavy atom. The van der Waals surface area contributed by atoms with Crippen LogP contribution < -0.4 is 4.74 Å². The lowest BCUT2D eigenvalue weighted by atomic mass is 9.88. The van der Waals surface area contributed by atoms with Crippen molar-refractivity contribution in [1.29, 1.82) is 0 Å². The normalized spacial score (nSPS) is 16.6. The maximum absolute atomic E-state index is 6.20. The molecule has 1 aromatic rings. The molecule has 0 saturated carbocycles. The number of aryl methyl sites for hydroxylation is 1. The van der Waals surface area contributed by atoms with Gasteiger partial charge in [-0.15, -0.1) is 6.58 Å². The fourth-order valence-electron chi connectivity index (χ4n) is 2.85. The van der Waals surface area contributed by atoms with Crippen LogP contribution >= 0.6 is 0 Å². The first-order chi connectivity index (χ1) is 8.35. The van der Waals surface area contributed by atoms with E-state index in [1.165, 1.54) is 22.3 Å². The third-order valence-electron chi connectivity index (χ3n) is 3.70. The minimum Gasteiger partial charge on any atom is -0.487 e. The number of rotatable bonds is 3. The van der Waals surface area contributed by atoms with E-state index in [0.29, 0.717) is 5.92 Å². The molecular weight excluding hydrogens is 220 g/mol. The highest BCUT2D eigenvalue weighted by atomic mass is 16.5. The SMILES string of the molecule is C=CCc1c(C(C)C)cc(C)c2c1OC(C)(C)C2. The predicted octanol–water partition coefficient (Wildman–Crippen LogP) is 4.56. The molecule has 0 aromatic heterocycles. The predicted molar refractivity (Wildman–Crippen MR) is 77.6 cm³/mol. The van der Waals surface area contributed by atoms with Gasteiger partial charge < -0.3 is 4.74 Å². The monoisotopic (exact) mass is 244 g/mol. The van der Waals surface area contributed by atoms with Crippen molar-refractivity contribution in [3.05, 3.63) is 41.0 Å². The molecule has 2 rings (SSSR count). The topological polar surface area (TPSA) is 9.23 Å². The summed E-state index contributed by atoms with van der Waals surface area (Å²) in [6.07, 6.45) is 3.88. The van der Waals surface area contributed by atoms with Crippen LogP contribution in [0.3, 0.4) is 0 Å². The van der Waals surface area contributed by atoms with Gasteiger partial charge in [0.1, 0.15) is 11.4 Å². The number of hydrogen-bond donors (Lipinski definition) is 0. The number of hydrogen-bond acceptors (Lipinski definition) is 1. The first kappa shape index (κ1) is 13.2. The summed E-state index contributed by atoms with van der Waals surface area (Å²) in [4.78, 5) is 0. The summed E-state index contributed by atoms with van der Waals surface area (Å²) in [6.45, 7) is 14.9. The Morgan fingerprint density at radius 3 is 2.67 bits per heavy atom. The highest BCUT2D eigenvalue weighted by molar-refractivity contribution is 5.55. The largest absolute Gasteiger partial charge is 0.487 e. The highest BCUT2D eigenvalue weighted by Crippen LogP contribution is 2.43. The Labute approximate surface area is 111 Å². The zero-order valence-corrected chi connectivity index (χ0v) is 12.3. The quantitative estimate of drug-likeness (QED) is 0.708. The Morgan fingerprint density at radius 1 is 1.44 bits per heavy atom. The van der Waals surface area contributed by atoms with Crippen molar-refractivity contribution in [3.8, 4) is 5.75 Å². The van der Waals surface area contributed by atoms with Gasteiger partial charge in [-0.1, -0.05) is 26.0 Å². The van der Waals surface area contributed by atoms with Gasteiger partial charge in [0.15, 0.2) is 0 Å². The second kappa shape index (κ2) is 4.46. The molecule has 0 unspecified atom stereocenters. The van der Waals surface area contributed by atoms with Gasteiger partial charge in [-0.05, 0) is 44.2 Å². The van der Waals surface area contributed by atoms with Crippen molar-refractivity contribution in [1.82, 2.24) is 0 Å². The third kappa shape index (κ3) is 2.19. The van der Waals surface area contributed by atoms with Gasteiger partial charge in [0.25, 0.3) is 0 Å². The van der Waals surface area contributed by atoms with Crippen molar-refractivity contribution in [3.63, 3.8) is 0 Å². The molecule has 0 N–H and O–H groups in total. The number of ether oxygens (including phenoxy) is 1. The standard InChI is InChI=1S/C17H24O/c1-7-8-13-14(11(2)3)9-12(4)15-10-17(5,6)18-16(13)15/h7,9,11H,1,8,10H2,2-6H3. The molecule has 0 bridgehead atoms. The van der Waals surface area contributed by atoms with Gasteiger partial charge >= 0.3 is 0 Å². The van der Waals surface area contributed by atoms with Crippen LogP contribution in [0, 0.1) is 6.92 Å². The van der Waals surface area contributed by atoms with E-state index in [4.69, 9.17) is 4.74 Å². The van der Waals surface area contributed by atoms with Gasteiger partial charge in [0.2, 0.25) is 0 Å². The number of allylic oxidation sites excluding steroid dienone is 1. The van der Waals surface area contributed by atoms with Crippen LogP contribution in [-0.2, 0) is 12.8 Å². The van der Waals surface area contributed by atoms with Gasteiger partial charge in [-0.3, -0.25) is 0 Å². The second-order valence-electron chi connectivity index (χ2n) is 6.25. The average Bonchev–Trinajstić information content (AvgIpc) is 2.58. The Hall–Kier alpha value is -1.24. The van der Waals surface area contributed by atoms with E-state index in [0.717, 1.165) is 18.6 Å². The lowest BCUT2D eigenvalue weighted by Gasteiger charge is -2.20. The third-order valence-corrected chi connectivity index (χ3v) is 3.70. The summed E-state index contributed by atoms with van der Waals surface area (Å²) in [5, 5.41) is 0. The van der Waals surface area contributed by atoms with E-state index in [1.54, 1.807) is 0 Å². The van der Waals surface area contributed by atoms with Crippen LogP contribution in [0.25, 0.3) is 0 Å². The number of benzene rings is 1. The molecule has 0 aliphatic carbocycles. The summed E-state index contributed by atoms with van der Waals surface area (Å²) < 4.78 is 6.20. The Bertz CT molecular complexity index is 481. The second-order valence-corrected chi connectivity index (χ2v) is 6.25. The summed E-state index contributed by atoms with van der Waals surface area (Å²) in [6, 6.07) is 2.34. The zero-order chi connectivity index (χ0) is 13.5. The van der Waals surface area contributed by atoms with Crippen molar-refractivity contribution in [2.45, 2.75) is 59.0 Å². The summed E-state index contributed by atoms with van der Waals surface area (Å²) in [5.41, 5.74) is 5.43. The molecule has 18 heavy (non-hydrogen) atoms. The molecule has 0 radical (unpaired) electrons. The zero-order valence-electron chi connectivity index (χ0n) is 12.3. The van der Waals surface area contributed by atoms with Crippen molar-refractivity contribution in [2.75, 3.05) is 0 Å². The van der Waals surface area contributed by atoms with Gasteiger partial charge in [-0.2, -0.15) is 0 Å². The Balaban J connectivity index is 2.63. The fourth-order valence-corrected chi connectivity index (χ4v) is 2.85. The van der Waals surface area contributed by atoms with Crippen molar-refractivity contribution < 1.29 is 4.74 Å². The highest BCUT2D eigenvalue weighted by Gasteiger charge is 2.34. The first-order valence-corrected chi connectivity index (χ1v) is 6.81. The molecule has 0 fully saturated rings. The molecule has 1 aliphatic rings. The van der Waals surface area contributed by atoms with Crippen molar-refractivity contribution in [2.24, 2.45) is 0 Å². The maximum Gasteiger partial charge on any atom is 0.127 e. The summed E-state index contributed by atoms with van der Waals surface area (Å²) in [5.74, 6) is 1.65. The minimum absolute atomic E-state index is 0.0708. The van der Waals surface area contributed by atoms with Gasteiger partial charge in [0, 0.05) is 17.5 Å². The molecule has 1 aliphatic heterocycles. The van der Waals surface area contributed by atoms with E-state index >= 15 is 0 Å². The van der Waals surface area contributed by atoms with Crippen LogP contribution in [0.2, 0.25) is 0 Å². The molecule has 1 aromatic carbocycles. The molecule has 98 valence electrons. The summed E-state index contributed by atoms with van der Waals surface area (Å²) >= 11 is 0. The van der Waals surface area contributed by atoms with E-state index < -0.39 is 0 Å². The van der Waals surface area contributed by atoms with Crippen LogP contribution in [0.15, 0.2) is 18.7 Å². The van der Waals surface area contributed by atoms with Crippen LogP contribution in [0.1, 0.15) is 55.9 Å². The van der Waals surface area contributed by atoms with E-state index in [2.05, 4.69) is 47.3 Å². The Kier molecular flexibility index (Phi) is 3.27. The van der Waals surface area contributed by atoms with E-state index in [-0.39, 0.29) is 5.60 Å². The number of fused-ring (bicyclic) bond motifs is 1. The van der Waals surface area contributed by atoms with Crippen LogP contribution in [0.4, 0.5) is 0 Å². The smallest absolute Gasteiger partial charge is 0.127 e. The van der Waals surface area contributed by atoms with Gasteiger partial charge in [-0.25, -0.2) is 0 Å². The molecule has 0 spiro atoms. The first-order valence-electron chi connectivity index (χ1n) is 6.81. The lowest BCUT2D eigenvalue weighted by Crippen LogP contribution is -2.25. The van der Waals surface area contributed by atoms with Crippen LogP contribution in [0.5, 0.6) is 5.75 Å². The van der Waals surface area contributed by atoms with Gasteiger partial charge in [0.05, 0.1) is 0 Å². The summed E-state index contributed by atoms with van der Waals surface area (Å²) in [7, 11) is 0. The molecule has 0 saturated heterocycles. The van der Waals surface area contributed by atoms with Crippen LogP contribution in [-0.4, -0.2) is 5.60 Å². The minimum atomic E-state index is -0.0708. The lowest BCUT2D eigenvalue weighted by molar-refractivity contribution is 0.137. The molecule has 1 heteroatoms. The van der Waals surface area contributed by atoms with E-state index in [9.17, 15) is 0 Å². The fraction of sp³-hybridized carbons (Fsp3) is 0.529. The molecule has 0 amide bonds. The molecular formula is C17H24O. The van der Waals surface area contributed by atoms with Crippen molar-refractivity contribution >= 4 is 0 Å². The van der Waals surface area contributed by atoms with E-state index in [1.807, 2.05) is 6.08 Å². The average molecular weight is 244 g/mol. The molecule has 1 nitrogen and oxygen atoms in total. The molecule has 1 heterocycles. The maximum atomic E-state index is 6.20.